The Bertz CT molecular complexity index is 1160. The minimum Gasteiger partial charge on any atom is -0.368 e. The summed E-state index contributed by atoms with van der Waals surface area (Å²) in [6, 6.07) is 12.9. The predicted octanol–water partition coefficient (Wildman–Crippen LogP) is 2.14. The zero-order valence-corrected chi connectivity index (χ0v) is 20.6. The summed E-state index contributed by atoms with van der Waals surface area (Å²) in [6.07, 6.45) is 1.80. The van der Waals surface area contributed by atoms with Crippen molar-refractivity contribution in [2.75, 3.05) is 18.0 Å². The van der Waals surface area contributed by atoms with Crippen LogP contribution in [0.2, 0.25) is 0 Å². The Morgan fingerprint density at radius 3 is 2.34 bits per heavy atom. The molecule has 0 bridgehead atoms. The lowest BCUT2D eigenvalue weighted by Gasteiger charge is -2.34. The Balaban J connectivity index is 1.97. The van der Waals surface area contributed by atoms with Crippen LogP contribution in [0.1, 0.15) is 54.2 Å². The van der Waals surface area contributed by atoms with Gasteiger partial charge in [-0.05, 0) is 37.3 Å². The van der Waals surface area contributed by atoms with Crippen molar-refractivity contribution in [1.29, 1.82) is 10.5 Å². The minimum atomic E-state index is -0.736. The fraction of sp³-hybridized carbons (Fsp3) is 0.400. The number of pyridine rings is 1. The highest BCUT2D eigenvalue weighted by Crippen LogP contribution is 2.39. The number of piperidine rings is 1. The smallest absolute Gasteiger partial charge is 0.236 e. The van der Waals surface area contributed by atoms with Gasteiger partial charge in [0.1, 0.15) is 28.2 Å². The summed E-state index contributed by atoms with van der Waals surface area (Å²) in [5, 5.41) is 22.5. The number of anilines is 1. The SMILES string of the molecule is CCc1c(C#N)c(SC(C(N)=O)c2ccccc2)nc(N2CCC(NC(=O)[C@H](C)N)CC2)c1C#N. The number of rotatable bonds is 8. The Kier molecular flexibility index (Phi) is 8.69. The molecule has 1 aliphatic rings. The maximum Gasteiger partial charge on any atom is 0.236 e. The number of thioether (sulfide) groups is 1. The van der Waals surface area contributed by atoms with Crippen LogP contribution in [-0.2, 0) is 16.0 Å². The monoisotopic (exact) mass is 491 g/mol. The number of benzene rings is 1. The number of primary amides is 1. The number of carbonyl (C=O) groups is 2. The van der Waals surface area contributed by atoms with Crippen LogP contribution in [-0.4, -0.2) is 42.0 Å². The summed E-state index contributed by atoms with van der Waals surface area (Å²) >= 11 is 1.13. The highest BCUT2D eigenvalue weighted by molar-refractivity contribution is 8.00. The van der Waals surface area contributed by atoms with Crippen molar-refractivity contribution in [1.82, 2.24) is 10.3 Å². The largest absolute Gasteiger partial charge is 0.368 e. The van der Waals surface area contributed by atoms with E-state index in [4.69, 9.17) is 16.5 Å². The average molecular weight is 492 g/mol. The number of nitrogens with zero attached hydrogens (tertiary/aromatic N) is 4. The summed E-state index contributed by atoms with van der Waals surface area (Å²) in [4.78, 5) is 31.0. The number of aromatic nitrogens is 1. The highest BCUT2D eigenvalue weighted by atomic mass is 32.2. The molecule has 1 saturated heterocycles. The highest BCUT2D eigenvalue weighted by Gasteiger charge is 2.29. The lowest BCUT2D eigenvalue weighted by Crippen LogP contribution is -2.49. The lowest BCUT2D eigenvalue weighted by atomic mass is 9.99. The van der Waals surface area contributed by atoms with E-state index >= 15 is 0 Å². The van der Waals surface area contributed by atoms with Crippen LogP contribution in [0.25, 0.3) is 0 Å². The number of carbonyl (C=O) groups excluding carboxylic acids is 2. The van der Waals surface area contributed by atoms with Crippen LogP contribution >= 0.6 is 11.8 Å². The Hall–Kier alpha value is -3.60. The Morgan fingerprint density at radius 2 is 1.83 bits per heavy atom. The Labute approximate surface area is 209 Å². The van der Waals surface area contributed by atoms with Crippen molar-refractivity contribution < 1.29 is 9.59 Å². The second kappa shape index (κ2) is 11.7. The first-order chi connectivity index (χ1) is 16.8. The van der Waals surface area contributed by atoms with Gasteiger partial charge in [-0.25, -0.2) is 4.98 Å². The fourth-order valence-corrected chi connectivity index (χ4v) is 5.15. The maximum absolute atomic E-state index is 12.3. The van der Waals surface area contributed by atoms with Crippen LogP contribution in [0, 0.1) is 22.7 Å². The van der Waals surface area contributed by atoms with Gasteiger partial charge in [0.15, 0.2) is 0 Å². The maximum atomic E-state index is 12.3. The van der Waals surface area contributed by atoms with Gasteiger partial charge in [-0.3, -0.25) is 9.59 Å². The third-order valence-electron chi connectivity index (χ3n) is 5.97. The Morgan fingerprint density at radius 1 is 1.20 bits per heavy atom. The van der Waals surface area contributed by atoms with E-state index in [1.807, 2.05) is 30.0 Å². The molecule has 2 aromatic rings. The van der Waals surface area contributed by atoms with Gasteiger partial charge in [0.2, 0.25) is 11.8 Å². The van der Waals surface area contributed by atoms with Crippen molar-refractivity contribution >= 4 is 29.4 Å². The van der Waals surface area contributed by atoms with Gasteiger partial charge in [-0.1, -0.05) is 49.0 Å². The summed E-state index contributed by atoms with van der Waals surface area (Å²) in [6.45, 7) is 4.67. The van der Waals surface area contributed by atoms with Crippen molar-refractivity contribution in [2.45, 2.75) is 55.5 Å². The molecule has 0 spiro atoms. The molecule has 35 heavy (non-hydrogen) atoms. The summed E-state index contributed by atoms with van der Waals surface area (Å²) in [7, 11) is 0. The lowest BCUT2D eigenvalue weighted by molar-refractivity contribution is -0.122. The van der Waals surface area contributed by atoms with Crippen LogP contribution in [0.15, 0.2) is 35.4 Å². The standard InChI is InChI=1S/C25H29N7O2S/c1-3-18-19(13-26)23(32-11-9-17(10-12-32)30-24(34)15(2)28)31-25(20(18)14-27)35-21(22(29)33)16-7-5-4-6-8-16/h4-8,15,17,21H,3,9-12,28H2,1-2H3,(H2,29,33)(H,30,34)/t15-,21?/m0/s1. The predicted molar refractivity (Wildman–Crippen MR) is 134 cm³/mol. The average Bonchev–Trinajstić information content (AvgIpc) is 2.86. The van der Waals surface area contributed by atoms with Crippen molar-refractivity contribution in [3.8, 4) is 12.1 Å². The fourth-order valence-electron chi connectivity index (χ4n) is 4.10. The van der Waals surface area contributed by atoms with E-state index in [2.05, 4.69) is 17.5 Å². The molecule has 1 fully saturated rings. The summed E-state index contributed by atoms with van der Waals surface area (Å²) in [5.74, 6) is -0.247. The second-order valence-electron chi connectivity index (χ2n) is 8.42. The van der Waals surface area contributed by atoms with E-state index in [0.29, 0.717) is 65.4 Å². The van der Waals surface area contributed by atoms with E-state index in [1.54, 1.807) is 19.1 Å². The van der Waals surface area contributed by atoms with Crippen molar-refractivity contribution in [2.24, 2.45) is 11.5 Å². The molecule has 1 unspecified atom stereocenters. The number of nitriles is 2. The molecule has 0 aliphatic carbocycles. The first-order valence-corrected chi connectivity index (χ1v) is 12.4. The quantitative estimate of drug-likeness (QED) is 0.473. The first-order valence-electron chi connectivity index (χ1n) is 11.5. The zero-order valence-electron chi connectivity index (χ0n) is 19.8. The summed E-state index contributed by atoms with van der Waals surface area (Å²) in [5.41, 5.74) is 13.3. The van der Waals surface area contributed by atoms with E-state index < -0.39 is 17.2 Å². The third kappa shape index (κ3) is 5.91. The summed E-state index contributed by atoms with van der Waals surface area (Å²) < 4.78 is 0. The molecule has 0 saturated carbocycles. The molecular formula is C25H29N7O2S. The van der Waals surface area contributed by atoms with Gasteiger partial charge in [-0.2, -0.15) is 10.5 Å². The van der Waals surface area contributed by atoms with Crippen LogP contribution in [0.3, 0.4) is 0 Å². The molecule has 3 rings (SSSR count). The molecule has 2 heterocycles. The van der Waals surface area contributed by atoms with E-state index in [1.165, 1.54) is 0 Å². The van der Waals surface area contributed by atoms with Gasteiger partial charge in [0, 0.05) is 19.1 Å². The van der Waals surface area contributed by atoms with Crippen LogP contribution in [0.5, 0.6) is 0 Å². The van der Waals surface area contributed by atoms with E-state index in [9.17, 15) is 20.1 Å². The molecule has 1 aromatic carbocycles. The third-order valence-corrected chi connectivity index (χ3v) is 7.23. The van der Waals surface area contributed by atoms with Crippen molar-refractivity contribution in [3.05, 3.63) is 52.6 Å². The van der Waals surface area contributed by atoms with Gasteiger partial charge in [0.05, 0.1) is 17.2 Å². The number of hydrogen-bond acceptors (Lipinski definition) is 8. The molecule has 10 heteroatoms. The molecule has 1 aliphatic heterocycles. The minimum absolute atomic E-state index is 0.00881. The van der Waals surface area contributed by atoms with Gasteiger partial charge in [-0.15, -0.1) is 0 Å². The molecule has 5 N–H and O–H groups in total. The van der Waals surface area contributed by atoms with E-state index in [-0.39, 0.29) is 11.9 Å². The van der Waals surface area contributed by atoms with Gasteiger partial charge in [0.25, 0.3) is 0 Å². The first kappa shape index (κ1) is 26.0. The zero-order chi connectivity index (χ0) is 25.5. The molecule has 0 radical (unpaired) electrons. The molecule has 9 nitrogen and oxygen atoms in total. The second-order valence-corrected chi connectivity index (χ2v) is 9.51. The molecule has 182 valence electrons. The number of hydrogen-bond donors (Lipinski definition) is 3. The van der Waals surface area contributed by atoms with Gasteiger partial charge >= 0.3 is 0 Å². The van der Waals surface area contributed by atoms with Crippen LogP contribution in [0.4, 0.5) is 5.82 Å². The molecule has 1 aromatic heterocycles. The molecule has 2 amide bonds. The van der Waals surface area contributed by atoms with Crippen molar-refractivity contribution in [3.63, 3.8) is 0 Å². The number of nitrogens with two attached hydrogens (primary N) is 2. The number of nitrogens with one attached hydrogen (secondary N) is 1. The molecule has 2 atom stereocenters. The van der Waals surface area contributed by atoms with Crippen LogP contribution < -0.4 is 21.7 Å². The van der Waals surface area contributed by atoms with E-state index in [0.717, 1.165) is 11.8 Å². The molecular weight excluding hydrogens is 462 g/mol. The van der Waals surface area contributed by atoms with Gasteiger partial charge < -0.3 is 21.7 Å². The normalized spacial score (nSPS) is 15.5. The number of amides is 2. The topological polar surface area (TPSA) is 162 Å².